The third-order valence-corrected chi connectivity index (χ3v) is 4.72. The van der Waals surface area contributed by atoms with E-state index in [0.29, 0.717) is 41.3 Å². The lowest BCUT2D eigenvalue weighted by Crippen LogP contribution is -2.40. The number of nitrogens with zero attached hydrogens (tertiary/aromatic N) is 6. The Bertz CT molecular complexity index is 1090. The molecule has 1 fully saturated rings. The highest BCUT2D eigenvalue weighted by Crippen LogP contribution is 2.28. The number of piperidine rings is 1. The molecule has 1 aliphatic heterocycles. The van der Waals surface area contributed by atoms with Gasteiger partial charge in [-0.3, -0.25) is 4.79 Å². The molecule has 140 valence electrons. The van der Waals surface area contributed by atoms with Gasteiger partial charge in [-0.25, -0.2) is 19.6 Å². The van der Waals surface area contributed by atoms with Crippen molar-refractivity contribution in [3.8, 4) is 11.8 Å². The number of carbonyl (C=O) groups is 1. The monoisotopic (exact) mass is 373 g/mol. The van der Waals surface area contributed by atoms with Gasteiger partial charge in [0.05, 0.1) is 11.4 Å². The molecular weight excluding hydrogens is 354 g/mol. The maximum absolute atomic E-state index is 12.0. The second-order valence-corrected chi connectivity index (χ2v) is 6.50. The van der Waals surface area contributed by atoms with E-state index < -0.39 is 0 Å². The summed E-state index contributed by atoms with van der Waals surface area (Å²) in [6.07, 6.45) is 6.20. The molecule has 3 aromatic rings. The van der Waals surface area contributed by atoms with E-state index in [1.54, 1.807) is 11.1 Å². The van der Waals surface area contributed by atoms with E-state index in [9.17, 15) is 4.79 Å². The summed E-state index contributed by atoms with van der Waals surface area (Å²) in [5, 5.41) is 5.30. The first kappa shape index (κ1) is 17.7. The molecule has 0 spiro atoms. The van der Waals surface area contributed by atoms with Crippen LogP contribution >= 0.6 is 0 Å². The van der Waals surface area contributed by atoms with E-state index in [2.05, 4.69) is 38.5 Å². The van der Waals surface area contributed by atoms with Gasteiger partial charge in [-0.05, 0) is 42.9 Å². The van der Waals surface area contributed by atoms with Crippen LogP contribution in [0.25, 0.3) is 11.0 Å². The number of rotatable bonds is 2. The third kappa shape index (κ3) is 3.30. The van der Waals surface area contributed by atoms with Crippen molar-refractivity contribution in [2.24, 2.45) is 0 Å². The minimum atomic E-state index is -0.0783. The summed E-state index contributed by atoms with van der Waals surface area (Å²) < 4.78 is 1.82. The molecule has 1 saturated heterocycles. The summed E-state index contributed by atoms with van der Waals surface area (Å²) in [4.78, 5) is 26.5. The van der Waals surface area contributed by atoms with Gasteiger partial charge in [0, 0.05) is 19.3 Å². The SMILES string of the molecule is C=CC(=O)N1CCC[C@@H](n2nc(C#Cc3ccccn3)c3c(N)ncnc32)C1. The second-order valence-electron chi connectivity index (χ2n) is 6.50. The van der Waals surface area contributed by atoms with Crippen LogP contribution in [-0.4, -0.2) is 48.6 Å². The smallest absolute Gasteiger partial charge is 0.246 e. The number of nitrogen functional groups attached to an aromatic ring is 1. The minimum absolute atomic E-state index is 0.0140. The van der Waals surface area contributed by atoms with Crippen molar-refractivity contribution in [1.29, 1.82) is 0 Å². The lowest BCUT2D eigenvalue weighted by Gasteiger charge is -2.32. The van der Waals surface area contributed by atoms with Crippen LogP contribution in [0.4, 0.5) is 5.82 Å². The molecule has 3 aromatic heterocycles. The van der Waals surface area contributed by atoms with Crippen LogP contribution in [0.1, 0.15) is 30.3 Å². The van der Waals surface area contributed by atoms with E-state index in [4.69, 9.17) is 5.73 Å². The summed E-state index contributed by atoms with van der Waals surface area (Å²) in [6.45, 7) is 4.83. The predicted molar refractivity (Wildman–Crippen MR) is 105 cm³/mol. The Kier molecular flexibility index (Phi) is 4.72. The number of pyridine rings is 1. The Morgan fingerprint density at radius 2 is 2.18 bits per heavy atom. The van der Waals surface area contributed by atoms with Crippen LogP contribution in [0.3, 0.4) is 0 Å². The molecule has 4 rings (SSSR count). The molecule has 4 heterocycles. The normalized spacial score (nSPS) is 16.4. The van der Waals surface area contributed by atoms with Gasteiger partial charge in [0.2, 0.25) is 5.91 Å². The third-order valence-electron chi connectivity index (χ3n) is 4.72. The van der Waals surface area contributed by atoms with Crippen molar-refractivity contribution >= 4 is 22.8 Å². The van der Waals surface area contributed by atoms with Crippen molar-refractivity contribution in [2.45, 2.75) is 18.9 Å². The molecule has 0 bridgehead atoms. The van der Waals surface area contributed by atoms with E-state index in [-0.39, 0.29) is 11.9 Å². The highest BCUT2D eigenvalue weighted by atomic mass is 16.2. The van der Waals surface area contributed by atoms with Crippen LogP contribution in [0, 0.1) is 11.8 Å². The van der Waals surface area contributed by atoms with Crippen molar-refractivity contribution in [2.75, 3.05) is 18.8 Å². The number of aromatic nitrogens is 5. The van der Waals surface area contributed by atoms with Crippen molar-refractivity contribution in [1.82, 2.24) is 29.6 Å². The number of hydrogen-bond donors (Lipinski definition) is 1. The largest absolute Gasteiger partial charge is 0.383 e. The zero-order valence-electron chi connectivity index (χ0n) is 15.2. The first-order valence-corrected chi connectivity index (χ1v) is 9.00. The fourth-order valence-corrected chi connectivity index (χ4v) is 3.38. The highest BCUT2D eigenvalue weighted by molar-refractivity contribution is 5.90. The molecule has 0 aromatic carbocycles. The number of fused-ring (bicyclic) bond motifs is 1. The van der Waals surface area contributed by atoms with Gasteiger partial charge >= 0.3 is 0 Å². The molecule has 1 aliphatic rings. The van der Waals surface area contributed by atoms with Gasteiger partial charge in [-0.1, -0.05) is 12.6 Å². The number of carbonyl (C=O) groups excluding carboxylic acids is 1. The second kappa shape index (κ2) is 7.48. The Morgan fingerprint density at radius 3 is 2.96 bits per heavy atom. The molecule has 1 atom stereocenters. The maximum Gasteiger partial charge on any atom is 0.246 e. The van der Waals surface area contributed by atoms with Crippen molar-refractivity contribution in [3.63, 3.8) is 0 Å². The van der Waals surface area contributed by atoms with Crippen LogP contribution in [0.5, 0.6) is 0 Å². The molecule has 0 aliphatic carbocycles. The summed E-state index contributed by atoms with van der Waals surface area (Å²) in [7, 11) is 0. The summed E-state index contributed by atoms with van der Waals surface area (Å²) >= 11 is 0. The molecule has 0 saturated carbocycles. The number of nitrogens with two attached hydrogens (primary N) is 1. The fraction of sp³-hybridized carbons (Fsp3) is 0.250. The fourth-order valence-electron chi connectivity index (χ4n) is 3.38. The molecule has 28 heavy (non-hydrogen) atoms. The van der Waals surface area contributed by atoms with E-state index >= 15 is 0 Å². The molecule has 1 amide bonds. The number of amides is 1. The molecule has 8 heteroatoms. The molecule has 8 nitrogen and oxygen atoms in total. The van der Waals surface area contributed by atoms with Crippen LogP contribution < -0.4 is 5.73 Å². The van der Waals surface area contributed by atoms with Gasteiger partial charge in [-0.2, -0.15) is 5.10 Å². The molecule has 2 N–H and O–H groups in total. The molecule has 0 unspecified atom stereocenters. The number of likely N-dealkylation sites (tertiary alicyclic amines) is 1. The molecule has 0 radical (unpaired) electrons. The standard InChI is InChI=1S/C20H19N7O/c1-2-17(28)26-11-5-7-15(12-26)27-20-18(19(21)23-13-24-20)16(25-27)9-8-14-6-3-4-10-22-14/h2-4,6,10,13,15H,1,5,7,11-12H2,(H2,21,23,24)/t15-/m1/s1. The van der Waals surface area contributed by atoms with Gasteiger partial charge in [0.25, 0.3) is 0 Å². The zero-order chi connectivity index (χ0) is 19.5. The van der Waals surface area contributed by atoms with Crippen molar-refractivity contribution in [3.05, 3.63) is 54.8 Å². The Hall–Kier alpha value is -3.73. The van der Waals surface area contributed by atoms with E-state index in [1.165, 1.54) is 12.4 Å². The van der Waals surface area contributed by atoms with E-state index in [0.717, 1.165) is 12.8 Å². The number of anilines is 1. The van der Waals surface area contributed by atoms with Crippen LogP contribution in [0.2, 0.25) is 0 Å². The Morgan fingerprint density at radius 1 is 1.29 bits per heavy atom. The highest BCUT2D eigenvalue weighted by Gasteiger charge is 2.27. The average Bonchev–Trinajstić information content (AvgIpc) is 3.12. The van der Waals surface area contributed by atoms with Crippen LogP contribution in [-0.2, 0) is 4.79 Å². The molecular formula is C20H19N7O. The summed E-state index contributed by atoms with van der Waals surface area (Å²) in [6, 6.07) is 5.52. The Labute approximate surface area is 162 Å². The lowest BCUT2D eigenvalue weighted by atomic mass is 10.1. The first-order valence-electron chi connectivity index (χ1n) is 9.00. The summed E-state index contributed by atoms with van der Waals surface area (Å²) in [5.74, 6) is 6.31. The van der Waals surface area contributed by atoms with Gasteiger partial charge in [0.1, 0.15) is 23.5 Å². The predicted octanol–water partition coefficient (Wildman–Crippen LogP) is 1.55. The van der Waals surface area contributed by atoms with Crippen LogP contribution in [0.15, 0.2) is 43.4 Å². The minimum Gasteiger partial charge on any atom is -0.383 e. The van der Waals surface area contributed by atoms with Gasteiger partial charge in [-0.15, -0.1) is 0 Å². The number of hydrogen-bond acceptors (Lipinski definition) is 6. The quantitative estimate of drug-likeness (QED) is 0.540. The Balaban J connectivity index is 1.76. The van der Waals surface area contributed by atoms with E-state index in [1.807, 2.05) is 22.9 Å². The van der Waals surface area contributed by atoms with Gasteiger partial charge < -0.3 is 10.6 Å². The first-order chi connectivity index (χ1) is 13.7. The average molecular weight is 373 g/mol. The van der Waals surface area contributed by atoms with Crippen molar-refractivity contribution < 1.29 is 4.79 Å². The lowest BCUT2D eigenvalue weighted by molar-refractivity contribution is -0.127. The summed E-state index contributed by atoms with van der Waals surface area (Å²) in [5.41, 5.74) is 7.87. The zero-order valence-corrected chi connectivity index (χ0v) is 15.2. The topological polar surface area (TPSA) is 103 Å². The van der Waals surface area contributed by atoms with Gasteiger partial charge in [0.15, 0.2) is 5.65 Å². The maximum atomic E-state index is 12.0.